The minimum atomic E-state index is 0.722. The number of halogens is 1. The van der Waals surface area contributed by atoms with E-state index in [9.17, 15) is 0 Å². The monoisotopic (exact) mass is 147 g/mol. The molecule has 0 aliphatic carbocycles. The maximum atomic E-state index is 5.68. The van der Waals surface area contributed by atoms with Gasteiger partial charge in [-0.15, -0.1) is 11.6 Å². The third-order valence-corrected chi connectivity index (χ3v) is 2.21. The zero-order valence-corrected chi connectivity index (χ0v) is 6.53. The Labute approximate surface area is 62.0 Å². The van der Waals surface area contributed by atoms with E-state index in [-0.39, 0.29) is 0 Å². The van der Waals surface area contributed by atoms with Gasteiger partial charge in [0.05, 0.1) is 6.00 Å². The number of likely N-dealkylation sites (tertiary alicyclic amines) is 1. The van der Waals surface area contributed by atoms with Crippen molar-refractivity contribution in [2.24, 2.45) is 0 Å². The summed E-state index contributed by atoms with van der Waals surface area (Å²) in [6.45, 7) is 2.42. The van der Waals surface area contributed by atoms with Gasteiger partial charge in [-0.25, -0.2) is 0 Å². The summed E-state index contributed by atoms with van der Waals surface area (Å²) in [6, 6.07) is 0.722. The molecule has 1 nitrogen and oxygen atoms in total. The second-order valence-corrected chi connectivity index (χ2v) is 2.89. The molecule has 1 aliphatic heterocycles. The van der Waals surface area contributed by atoms with Gasteiger partial charge in [-0.05, 0) is 25.9 Å². The predicted molar refractivity (Wildman–Crippen MR) is 40.8 cm³/mol. The van der Waals surface area contributed by atoms with Crippen molar-refractivity contribution in [2.45, 2.75) is 25.7 Å². The molecule has 9 heavy (non-hydrogen) atoms. The van der Waals surface area contributed by atoms with E-state index < -0.39 is 0 Å². The van der Waals surface area contributed by atoms with Gasteiger partial charge in [-0.2, -0.15) is 0 Å². The second-order valence-electron chi connectivity index (χ2n) is 2.65. The molecule has 0 bridgehead atoms. The van der Waals surface area contributed by atoms with Crippen LogP contribution < -0.4 is 0 Å². The normalized spacial score (nSPS) is 23.7. The van der Waals surface area contributed by atoms with Gasteiger partial charge in [0.15, 0.2) is 0 Å². The molecule has 2 heteroatoms. The topological polar surface area (TPSA) is 3.24 Å². The van der Waals surface area contributed by atoms with Crippen LogP contribution in [0.2, 0.25) is 0 Å². The summed E-state index contributed by atoms with van der Waals surface area (Å²) in [5.74, 6) is 0. The van der Waals surface area contributed by atoms with Crippen LogP contribution in [-0.4, -0.2) is 24.0 Å². The summed E-state index contributed by atoms with van der Waals surface area (Å²) in [5.41, 5.74) is 0. The minimum Gasteiger partial charge on any atom is -0.290 e. The molecule has 0 unspecified atom stereocenters. The van der Waals surface area contributed by atoms with E-state index in [2.05, 4.69) is 4.90 Å². The molecule has 1 heterocycles. The smallest absolute Gasteiger partial charge is 0.0738 e. The Morgan fingerprint density at radius 1 is 1.00 bits per heavy atom. The minimum absolute atomic E-state index is 0.722. The van der Waals surface area contributed by atoms with Crippen LogP contribution in [0.3, 0.4) is 0 Å². The van der Waals surface area contributed by atoms with Gasteiger partial charge in [-0.3, -0.25) is 4.90 Å². The van der Waals surface area contributed by atoms with E-state index in [1.807, 2.05) is 0 Å². The van der Waals surface area contributed by atoms with E-state index in [0.29, 0.717) is 0 Å². The molecule has 0 amide bonds. The highest BCUT2D eigenvalue weighted by Crippen LogP contribution is 2.09. The Morgan fingerprint density at radius 2 is 1.56 bits per heavy atom. The van der Waals surface area contributed by atoms with Crippen molar-refractivity contribution < 1.29 is 0 Å². The quantitative estimate of drug-likeness (QED) is 0.406. The molecule has 0 aromatic rings. The maximum absolute atomic E-state index is 5.68. The average molecular weight is 148 g/mol. The van der Waals surface area contributed by atoms with Gasteiger partial charge in [0, 0.05) is 0 Å². The third kappa shape index (κ3) is 2.55. The Hall–Kier alpha value is 0.250. The van der Waals surface area contributed by atoms with E-state index in [1.165, 1.54) is 38.8 Å². The molecule has 0 spiro atoms. The summed E-state index contributed by atoms with van der Waals surface area (Å²) in [6.07, 6.45) is 5.47. The number of hydrogen-bond donors (Lipinski definition) is 0. The lowest BCUT2D eigenvalue weighted by molar-refractivity contribution is 0.332. The first-order chi connectivity index (χ1) is 4.43. The summed E-state index contributed by atoms with van der Waals surface area (Å²) in [7, 11) is 0. The molecule has 0 atom stereocenters. The van der Waals surface area contributed by atoms with E-state index in [1.54, 1.807) is 0 Å². The van der Waals surface area contributed by atoms with Gasteiger partial charge >= 0.3 is 0 Å². The standard InChI is InChI=1S/C7H14ClN/c8-7-9-5-3-1-2-4-6-9/h1-7H2. The van der Waals surface area contributed by atoms with Gasteiger partial charge in [-0.1, -0.05) is 12.8 Å². The van der Waals surface area contributed by atoms with Crippen LogP contribution in [0.1, 0.15) is 25.7 Å². The highest BCUT2D eigenvalue weighted by molar-refractivity contribution is 6.17. The van der Waals surface area contributed by atoms with Crippen molar-refractivity contribution >= 4 is 11.6 Å². The van der Waals surface area contributed by atoms with E-state index >= 15 is 0 Å². The van der Waals surface area contributed by atoms with Crippen LogP contribution in [-0.2, 0) is 0 Å². The highest BCUT2D eigenvalue weighted by Gasteiger charge is 2.05. The van der Waals surface area contributed by atoms with Crippen LogP contribution in [0.4, 0.5) is 0 Å². The number of hydrogen-bond acceptors (Lipinski definition) is 1. The van der Waals surface area contributed by atoms with Crippen LogP contribution in [0.5, 0.6) is 0 Å². The molecule has 0 aromatic carbocycles. The summed E-state index contributed by atoms with van der Waals surface area (Å²) >= 11 is 5.68. The first-order valence-electron chi connectivity index (χ1n) is 3.72. The lowest BCUT2D eigenvalue weighted by Gasteiger charge is -2.14. The van der Waals surface area contributed by atoms with Crippen LogP contribution in [0, 0.1) is 0 Å². The van der Waals surface area contributed by atoms with Gasteiger partial charge in [0.1, 0.15) is 0 Å². The fourth-order valence-electron chi connectivity index (χ4n) is 1.26. The molecule has 54 valence electrons. The molecule has 0 saturated carbocycles. The van der Waals surface area contributed by atoms with Crippen molar-refractivity contribution in [2.75, 3.05) is 19.1 Å². The largest absolute Gasteiger partial charge is 0.290 e. The van der Waals surface area contributed by atoms with E-state index in [4.69, 9.17) is 11.6 Å². The van der Waals surface area contributed by atoms with E-state index in [0.717, 1.165) is 6.00 Å². The summed E-state index contributed by atoms with van der Waals surface area (Å²) in [4.78, 5) is 2.31. The molecule has 1 aliphatic rings. The molecule has 1 saturated heterocycles. The van der Waals surface area contributed by atoms with Gasteiger partial charge in [0.2, 0.25) is 0 Å². The summed E-state index contributed by atoms with van der Waals surface area (Å²) in [5, 5.41) is 0. The maximum Gasteiger partial charge on any atom is 0.0738 e. The first-order valence-corrected chi connectivity index (χ1v) is 4.25. The first kappa shape index (κ1) is 7.36. The Morgan fingerprint density at radius 3 is 2.00 bits per heavy atom. The lowest BCUT2D eigenvalue weighted by atomic mass is 10.2. The van der Waals surface area contributed by atoms with Crippen LogP contribution in [0.25, 0.3) is 0 Å². The van der Waals surface area contributed by atoms with Crippen molar-refractivity contribution in [3.05, 3.63) is 0 Å². The summed E-state index contributed by atoms with van der Waals surface area (Å²) < 4.78 is 0. The second kappa shape index (κ2) is 4.13. The number of rotatable bonds is 1. The zero-order chi connectivity index (χ0) is 6.53. The Balaban J connectivity index is 2.18. The average Bonchev–Trinajstić information content (AvgIpc) is 2.13. The fraction of sp³-hybridized carbons (Fsp3) is 1.00. The molecular weight excluding hydrogens is 134 g/mol. The predicted octanol–water partition coefficient (Wildman–Crippen LogP) is 2.06. The molecule has 1 rings (SSSR count). The van der Waals surface area contributed by atoms with Crippen molar-refractivity contribution in [3.63, 3.8) is 0 Å². The molecule has 0 aromatic heterocycles. The zero-order valence-electron chi connectivity index (χ0n) is 5.77. The fourth-order valence-corrected chi connectivity index (χ4v) is 1.49. The molecule has 1 fully saturated rings. The van der Waals surface area contributed by atoms with Crippen molar-refractivity contribution in [1.29, 1.82) is 0 Å². The van der Waals surface area contributed by atoms with Gasteiger partial charge < -0.3 is 0 Å². The molecule has 0 radical (unpaired) electrons. The third-order valence-electron chi connectivity index (χ3n) is 1.87. The van der Waals surface area contributed by atoms with Gasteiger partial charge in [0.25, 0.3) is 0 Å². The Kier molecular flexibility index (Phi) is 3.37. The van der Waals surface area contributed by atoms with Crippen molar-refractivity contribution in [1.82, 2.24) is 4.90 Å². The van der Waals surface area contributed by atoms with Crippen LogP contribution >= 0.6 is 11.6 Å². The van der Waals surface area contributed by atoms with Crippen LogP contribution in [0.15, 0.2) is 0 Å². The lowest BCUT2D eigenvalue weighted by Crippen LogP contribution is -2.22. The number of alkyl halides is 1. The number of nitrogens with zero attached hydrogens (tertiary/aromatic N) is 1. The Bertz CT molecular complexity index is 67.3. The SMILES string of the molecule is ClCN1CCCCCC1. The highest BCUT2D eigenvalue weighted by atomic mass is 35.5. The molecular formula is C7H14ClN. The van der Waals surface area contributed by atoms with Crippen molar-refractivity contribution in [3.8, 4) is 0 Å². The molecule has 0 N–H and O–H groups in total.